The molecule has 0 radical (unpaired) electrons. The first-order valence-electron chi connectivity index (χ1n) is 11.0. The molecule has 1 amide bonds. The quantitative estimate of drug-likeness (QED) is 0.147. The molecular formula is C25H22N6O4S. The lowest BCUT2D eigenvalue weighted by molar-refractivity contribution is -0.384. The van der Waals surface area contributed by atoms with Gasteiger partial charge in [-0.05, 0) is 31.2 Å². The molecule has 1 heterocycles. The topological polar surface area (TPSA) is 125 Å². The molecule has 0 aliphatic heterocycles. The highest BCUT2D eigenvalue weighted by Crippen LogP contribution is 2.28. The van der Waals surface area contributed by atoms with E-state index in [1.807, 2.05) is 66.1 Å². The van der Waals surface area contributed by atoms with Crippen LogP contribution in [0, 0.1) is 10.1 Å². The number of hydrogen-bond acceptors (Lipinski definition) is 8. The van der Waals surface area contributed by atoms with Gasteiger partial charge in [0.25, 0.3) is 11.6 Å². The summed E-state index contributed by atoms with van der Waals surface area (Å²) >= 11 is 1.22. The molecule has 0 spiro atoms. The molecule has 0 aliphatic rings. The molecule has 3 aromatic carbocycles. The number of hydrazone groups is 1. The second kappa shape index (κ2) is 11.8. The molecule has 0 bridgehead atoms. The highest BCUT2D eigenvalue weighted by molar-refractivity contribution is 7.99. The van der Waals surface area contributed by atoms with Gasteiger partial charge in [-0.2, -0.15) is 5.10 Å². The van der Waals surface area contributed by atoms with Gasteiger partial charge in [0.05, 0.1) is 23.5 Å². The molecule has 1 aromatic heterocycles. The van der Waals surface area contributed by atoms with Gasteiger partial charge in [0.2, 0.25) is 0 Å². The summed E-state index contributed by atoms with van der Waals surface area (Å²) in [7, 11) is 0. The van der Waals surface area contributed by atoms with Crippen LogP contribution in [0.5, 0.6) is 5.75 Å². The van der Waals surface area contributed by atoms with Gasteiger partial charge in [0.15, 0.2) is 11.0 Å². The van der Waals surface area contributed by atoms with Gasteiger partial charge >= 0.3 is 0 Å². The van der Waals surface area contributed by atoms with Crippen molar-refractivity contribution in [3.8, 4) is 22.8 Å². The molecule has 36 heavy (non-hydrogen) atoms. The van der Waals surface area contributed by atoms with Gasteiger partial charge in [0.1, 0.15) is 5.75 Å². The number of amides is 1. The first kappa shape index (κ1) is 24.6. The van der Waals surface area contributed by atoms with E-state index < -0.39 is 4.92 Å². The molecule has 11 heteroatoms. The number of rotatable bonds is 10. The molecule has 0 atom stereocenters. The fraction of sp³-hybridized carbons (Fsp3) is 0.120. The van der Waals surface area contributed by atoms with Crippen molar-refractivity contribution in [3.05, 3.63) is 94.5 Å². The predicted molar refractivity (Wildman–Crippen MR) is 138 cm³/mol. The number of thioether (sulfide) groups is 1. The maximum absolute atomic E-state index is 12.4. The summed E-state index contributed by atoms with van der Waals surface area (Å²) in [4.78, 5) is 22.8. The van der Waals surface area contributed by atoms with Crippen LogP contribution in [0.4, 0.5) is 5.69 Å². The zero-order chi connectivity index (χ0) is 25.3. The van der Waals surface area contributed by atoms with Gasteiger partial charge in [-0.3, -0.25) is 19.5 Å². The molecule has 0 aliphatic carbocycles. The van der Waals surface area contributed by atoms with Gasteiger partial charge in [-0.15, -0.1) is 10.2 Å². The Hall–Kier alpha value is -4.51. The van der Waals surface area contributed by atoms with Gasteiger partial charge < -0.3 is 4.74 Å². The molecule has 4 rings (SSSR count). The Morgan fingerprint density at radius 2 is 1.89 bits per heavy atom. The van der Waals surface area contributed by atoms with E-state index in [1.165, 1.54) is 30.1 Å². The van der Waals surface area contributed by atoms with Gasteiger partial charge in [-0.1, -0.05) is 54.2 Å². The van der Waals surface area contributed by atoms with Crippen molar-refractivity contribution in [3.63, 3.8) is 0 Å². The average Bonchev–Trinajstić information content (AvgIpc) is 3.33. The molecule has 182 valence electrons. The van der Waals surface area contributed by atoms with Crippen LogP contribution in [0.1, 0.15) is 12.5 Å². The minimum Gasteiger partial charge on any atom is -0.494 e. The molecule has 0 saturated carbocycles. The second-order valence-electron chi connectivity index (χ2n) is 7.37. The third-order valence-corrected chi connectivity index (χ3v) is 5.82. The number of carbonyl (C=O) groups is 1. The summed E-state index contributed by atoms with van der Waals surface area (Å²) in [6.45, 7) is 2.50. The number of non-ortho nitro benzene ring substituents is 1. The van der Waals surface area contributed by atoms with Crippen LogP contribution in [-0.4, -0.2) is 44.2 Å². The van der Waals surface area contributed by atoms with Crippen molar-refractivity contribution < 1.29 is 14.5 Å². The Morgan fingerprint density at radius 3 is 2.61 bits per heavy atom. The number of nitro benzene ring substituents is 1. The van der Waals surface area contributed by atoms with Gasteiger partial charge in [-0.25, -0.2) is 5.43 Å². The molecule has 0 saturated heterocycles. The normalized spacial score (nSPS) is 10.9. The standard InChI is InChI=1S/C25H22N6O4S/c1-2-35-22-13-11-20(12-14-22)30-24(19-8-4-3-5-9-19)28-29-25(30)36-17-23(32)27-26-16-18-7-6-10-21(15-18)31(33)34/h3-16H,2,17H2,1H3,(H,27,32). The third-order valence-electron chi connectivity index (χ3n) is 4.89. The van der Waals surface area contributed by atoms with Crippen molar-refractivity contribution in [1.29, 1.82) is 0 Å². The third kappa shape index (κ3) is 6.13. The summed E-state index contributed by atoms with van der Waals surface area (Å²) in [5.41, 5.74) is 4.60. The number of carbonyl (C=O) groups excluding carboxylic acids is 1. The lowest BCUT2D eigenvalue weighted by Gasteiger charge is -2.11. The second-order valence-corrected chi connectivity index (χ2v) is 8.31. The first-order chi connectivity index (χ1) is 17.5. The maximum atomic E-state index is 12.4. The Bertz CT molecular complexity index is 1370. The molecule has 0 fully saturated rings. The number of nitrogens with one attached hydrogen (secondary N) is 1. The van der Waals surface area contributed by atoms with E-state index in [9.17, 15) is 14.9 Å². The Kier molecular flexibility index (Phi) is 8.04. The monoisotopic (exact) mass is 502 g/mol. The van der Waals surface area contributed by atoms with E-state index in [-0.39, 0.29) is 17.3 Å². The minimum atomic E-state index is -0.489. The van der Waals surface area contributed by atoms with Crippen LogP contribution >= 0.6 is 11.8 Å². The SMILES string of the molecule is CCOc1ccc(-n2c(SCC(=O)NN=Cc3cccc([N+](=O)[O-])c3)nnc2-c2ccccc2)cc1. The summed E-state index contributed by atoms with van der Waals surface area (Å²) in [6, 6.07) is 23.2. The number of nitrogens with zero attached hydrogens (tertiary/aromatic N) is 5. The molecule has 10 nitrogen and oxygen atoms in total. The van der Waals surface area contributed by atoms with E-state index in [0.29, 0.717) is 23.2 Å². The van der Waals surface area contributed by atoms with E-state index >= 15 is 0 Å². The van der Waals surface area contributed by atoms with E-state index in [1.54, 1.807) is 12.1 Å². The first-order valence-corrected chi connectivity index (χ1v) is 12.0. The maximum Gasteiger partial charge on any atom is 0.270 e. The highest BCUT2D eigenvalue weighted by atomic mass is 32.2. The van der Waals surface area contributed by atoms with E-state index in [0.717, 1.165) is 17.0 Å². The Balaban J connectivity index is 1.49. The lowest BCUT2D eigenvalue weighted by Crippen LogP contribution is -2.20. The van der Waals surface area contributed by atoms with Crippen LogP contribution in [0.3, 0.4) is 0 Å². The smallest absolute Gasteiger partial charge is 0.270 e. The Morgan fingerprint density at radius 1 is 1.11 bits per heavy atom. The highest BCUT2D eigenvalue weighted by Gasteiger charge is 2.17. The molecule has 4 aromatic rings. The average molecular weight is 503 g/mol. The van der Waals surface area contributed by atoms with Crippen LogP contribution in [0.25, 0.3) is 17.1 Å². The summed E-state index contributed by atoms with van der Waals surface area (Å²) in [6.07, 6.45) is 1.35. The van der Waals surface area contributed by atoms with E-state index in [2.05, 4.69) is 20.7 Å². The minimum absolute atomic E-state index is 0.0379. The van der Waals surface area contributed by atoms with Crippen molar-refractivity contribution in [2.24, 2.45) is 5.10 Å². The number of benzene rings is 3. The Labute approximate surface area is 211 Å². The van der Waals surface area contributed by atoms with Crippen LogP contribution in [0.2, 0.25) is 0 Å². The summed E-state index contributed by atoms with van der Waals surface area (Å²) in [5.74, 6) is 1.08. The molecular weight excluding hydrogens is 480 g/mol. The number of hydrogen-bond donors (Lipinski definition) is 1. The summed E-state index contributed by atoms with van der Waals surface area (Å²) < 4.78 is 7.43. The van der Waals surface area contributed by atoms with Crippen molar-refractivity contribution in [2.45, 2.75) is 12.1 Å². The van der Waals surface area contributed by atoms with Crippen molar-refractivity contribution >= 4 is 29.6 Å². The number of ether oxygens (including phenoxy) is 1. The van der Waals surface area contributed by atoms with E-state index in [4.69, 9.17) is 4.74 Å². The van der Waals surface area contributed by atoms with Crippen LogP contribution < -0.4 is 10.2 Å². The number of nitro groups is 1. The molecule has 0 unspecified atom stereocenters. The van der Waals surface area contributed by atoms with Crippen molar-refractivity contribution in [1.82, 2.24) is 20.2 Å². The fourth-order valence-electron chi connectivity index (χ4n) is 3.29. The number of aromatic nitrogens is 3. The zero-order valence-corrected chi connectivity index (χ0v) is 20.1. The van der Waals surface area contributed by atoms with Crippen molar-refractivity contribution in [2.75, 3.05) is 12.4 Å². The van der Waals surface area contributed by atoms with Gasteiger partial charge in [0, 0.05) is 28.9 Å². The molecule has 1 N–H and O–H groups in total. The fourth-order valence-corrected chi connectivity index (χ4v) is 4.03. The summed E-state index contributed by atoms with van der Waals surface area (Å²) in [5, 5.41) is 24.0. The zero-order valence-electron chi connectivity index (χ0n) is 19.3. The predicted octanol–water partition coefficient (Wildman–Crippen LogP) is 4.48. The lowest BCUT2D eigenvalue weighted by atomic mass is 10.2. The van der Waals surface area contributed by atoms with Crippen LogP contribution in [0.15, 0.2) is 89.1 Å². The largest absolute Gasteiger partial charge is 0.494 e. The van der Waals surface area contributed by atoms with Crippen LogP contribution in [-0.2, 0) is 4.79 Å².